The van der Waals surface area contributed by atoms with Crippen molar-refractivity contribution in [3.05, 3.63) is 78.3 Å². The van der Waals surface area contributed by atoms with Gasteiger partial charge in [-0.15, -0.1) is 0 Å². The monoisotopic (exact) mass is 462 g/mol. The number of benzene rings is 1. The normalized spacial score (nSPS) is 17.5. The van der Waals surface area contributed by atoms with Crippen molar-refractivity contribution in [3.63, 3.8) is 0 Å². The second-order valence-electron chi connectivity index (χ2n) is 9.27. The Bertz CT molecular complexity index is 1090. The Hall–Kier alpha value is -2.72. The van der Waals surface area contributed by atoms with Crippen LogP contribution in [0.15, 0.2) is 62.0 Å². The molecule has 1 aromatic carbocycles. The number of hydrogen-bond acceptors (Lipinski definition) is 4. The maximum atomic E-state index is 6.69. The Morgan fingerprint density at radius 2 is 1.76 bits per heavy atom. The van der Waals surface area contributed by atoms with Crippen LogP contribution in [0.25, 0.3) is 22.2 Å². The van der Waals surface area contributed by atoms with Crippen molar-refractivity contribution in [1.29, 1.82) is 0 Å². The van der Waals surface area contributed by atoms with Gasteiger partial charge >= 0.3 is 0 Å². The fourth-order valence-electron chi connectivity index (χ4n) is 4.91. The molecule has 0 radical (unpaired) electrons. The molecule has 1 saturated carbocycles. The molecule has 33 heavy (non-hydrogen) atoms. The molecule has 1 aliphatic heterocycles. The third-order valence-corrected chi connectivity index (χ3v) is 7.37. The molecular weight excluding hydrogens is 428 g/mol. The van der Waals surface area contributed by atoms with E-state index in [0.29, 0.717) is 11.1 Å². The van der Waals surface area contributed by atoms with Crippen molar-refractivity contribution >= 4 is 33.8 Å². The molecule has 2 aliphatic rings. The summed E-state index contributed by atoms with van der Waals surface area (Å²) in [4.78, 5) is 12.0. The Morgan fingerprint density at radius 1 is 1.09 bits per heavy atom. The molecule has 4 nitrogen and oxygen atoms in total. The standard InChI is InChI=1S/C28H35ClN4/c1-6-22(19-31(5)24-9-7-8-10-24)27-18-26(29)25-12-11-23(17-28(25)30-27)21(4)33-15-13-32(14-16-33)20(2)3/h6,11-12,17-19,24H,1-2,4,7-10,13-16H2,3,5H3/b22-19+. The highest BCUT2D eigenvalue weighted by Gasteiger charge is 2.20. The zero-order valence-electron chi connectivity index (χ0n) is 20.0. The number of piperazine rings is 1. The van der Waals surface area contributed by atoms with E-state index in [2.05, 4.69) is 72.8 Å². The van der Waals surface area contributed by atoms with E-state index < -0.39 is 0 Å². The van der Waals surface area contributed by atoms with E-state index in [1.54, 1.807) is 0 Å². The van der Waals surface area contributed by atoms with Crippen molar-refractivity contribution in [3.8, 4) is 0 Å². The third kappa shape index (κ3) is 5.11. The van der Waals surface area contributed by atoms with Crippen LogP contribution in [-0.2, 0) is 0 Å². The number of halogens is 1. The Balaban J connectivity index is 1.60. The molecule has 1 aromatic heterocycles. The van der Waals surface area contributed by atoms with Crippen LogP contribution < -0.4 is 0 Å². The second-order valence-corrected chi connectivity index (χ2v) is 9.68. The van der Waals surface area contributed by atoms with E-state index in [-0.39, 0.29) is 0 Å². The van der Waals surface area contributed by atoms with Gasteiger partial charge in [-0.25, -0.2) is 4.98 Å². The van der Waals surface area contributed by atoms with Crippen LogP contribution in [-0.4, -0.2) is 59.0 Å². The van der Waals surface area contributed by atoms with Crippen LogP contribution in [0.3, 0.4) is 0 Å². The fraction of sp³-hybridized carbons (Fsp3) is 0.393. The first-order valence-corrected chi connectivity index (χ1v) is 12.3. The van der Waals surface area contributed by atoms with Crippen molar-refractivity contribution in [2.24, 2.45) is 0 Å². The molecule has 0 bridgehead atoms. The predicted molar refractivity (Wildman–Crippen MR) is 142 cm³/mol. The average Bonchev–Trinajstić information content (AvgIpc) is 3.37. The lowest BCUT2D eigenvalue weighted by molar-refractivity contribution is 0.215. The number of rotatable bonds is 7. The molecule has 1 saturated heterocycles. The van der Waals surface area contributed by atoms with E-state index in [9.17, 15) is 0 Å². The van der Waals surface area contributed by atoms with Crippen LogP contribution in [0.5, 0.6) is 0 Å². The number of hydrogen-bond donors (Lipinski definition) is 0. The van der Waals surface area contributed by atoms with Crippen LogP contribution in [0.1, 0.15) is 43.9 Å². The molecule has 0 spiro atoms. The molecule has 2 aromatic rings. The van der Waals surface area contributed by atoms with E-state index in [1.807, 2.05) is 12.1 Å². The molecule has 0 amide bonds. The molecule has 2 fully saturated rings. The van der Waals surface area contributed by atoms with Gasteiger partial charge < -0.3 is 14.7 Å². The van der Waals surface area contributed by atoms with Gasteiger partial charge in [0.1, 0.15) is 0 Å². The largest absolute Gasteiger partial charge is 0.377 e. The molecule has 174 valence electrons. The first-order chi connectivity index (χ1) is 15.9. The van der Waals surface area contributed by atoms with Crippen molar-refractivity contribution in [1.82, 2.24) is 19.7 Å². The summed E-state index contributed by atoms with van der Waals surface area (Å²) in [5, 5.41) is 1.66. The minimum atomic E-state index is 0.594. The molecule has 2 heterocycles. The Morgan fingerprint density at radius 3 is 2.39 bits per heavy atom. The summed E-state index contributed by atoms with van der Waals surface area (Å²) in [7, 11) is 2.15. The number of fused-ring (bicyclic) bond motifs is 1. The molecule has 1 aliphatic carbocycles. The summed E-state index contributed by atoms with van der Waals surface area (Å²) in [6, 6.07) is 8.81. The Kier molecular flexibility index (Phi) is 7.14. The number of nitrogens with zero attached hydrogens (tertiary/aromatic N) is 4. The fourth-order valence-corrected chi connectivity index (χ4v) is 5.18. The number of pyridine rings is 1. The van der Waals surface area contributed by atoms with Gasteiger partial charge in [0.2, 0.25) is 0 Å². The molecule has 5 heteroatoms. The summed E-state index contributed by atoms with van der Waals surface area (Å²) in [6.45, 7) is 18.4. The first kappa shape index (κ1) is 23.4. The topological polar surface area (TPSA) is 22.6 Å². The first-order valence-electron chi connectivity index (χ1n) is 11.9. The summed E-state index contributed by atoms with van der Waals surface area (Å²) in [5.74, 6) is 0. The summed E-state index contributed by atoms with van der Waals surface area (Å²) < 4.78 is 0. The smallest absolute Gasteiger partial charge is 0.0738 e. The van der Waals surface area contributed by atoms with Gasteiger partial charge in [-0.3, -0.25) is 0 Å². The van der Waals surface area contributed by atoms with E-state index in [0.717, 1.165) is 65.3 Å². The lowest BCUT2D eigenvalue weighted by Crippen LogP contribution is -2.44. The zero-order valence-corrected chi connectivity index (χ0v) is 20.7. The van der Waals surface area contributed by atoms with Gasteiger partial charge in [0, 0.05) is 67.8 Å². The highest BCUT2D eigenvalue weighted by Crippen LogP contribution is 2.31. The van der Waals surface area contributed by atoms with Crippen LogP contribution in [0.4, 0.5) is 0 Å². The lowest BCUT2D eigenvalue weighted by Gasteiger charge is -2.38. The van der Waals surface area contributed by atoms with Crippen LogP contribution in [0, 0.1) is 0 Å². The summed E-state index contributed by atoms with van der Waals surface area (Å²) in [6.07, 6.45) is 9.14. The highest BCUT2D eigenvalue weighted by atomic mass is 35.5. The molecule has 0 N–H and O–H groups in total. The van der Waals surface area contributed by atoms with Crippen molar-refractivity contribution < 1.29 is 0 Å². The maximum Gasteiger partial charge on any atom is 0.0738 e. The molecule has 0 atom stereocenters. The van der Waals surface area contributed by atoms with Gasteiger partial charge in [-0.1, -0.05) is 62.4 Å². The van der Waals surface area contributed by atoms with Gasteiger partial charge in [-0.05, 0) is 37.5 Å². The second kappa shape index (κ2) is 10.0. The summed E-state index contributed by atoms with van der Waals surface area (Å²) in [5.41, 5.74) is 5.97. The van der Waals surface area contributed by atoms with E-state index in [1.165, 1.54) is 25.7 Å². The van der Waals surface area contributed by atoms with Gasteiger partial charge in [-0.2, -0.15) is 0 Å². The van der Waals surface area contributed by atoms with Crippen LogP contribution >= 0.6 is 11.6 Å². The third-order valence-electron chi connectivity index (χ3n) is 7.05. The Labute approximate surface area is 203 Å². The van der Waals surface area contributed by atoms with Gasteiger partial charge in [0.05, 0.1) is 16.2 Å². The minimum absolute atomic E-state index is 0.594. The van der Waals surface area contributed by atoms with Gasteiger partial charge in [0.15, 0.2) is 0 Å². The summed E-state index contributed by atoms with van der Waals surface area (Å²) >= 11 is 6.69. The van der Waals surface area contributed by atoms with Crippen molar-refractivity contribution in [2.45, 2.75) is 38.6 Å². The highest BCUT2D eigenvalue weighted by molar-refractivity contribution is 6.35. The van der Waals surface area contributed by atoms with E-state index >= 15 is 0 Å². The number of allylic oxidation sites excluding steroid dienone is 3. The lowest BCUT2D eigenvalue weighted by atomic mass is 10.1. The minimum Gasteiger partial charge on any atom is -0.377 e. The SMILES string of the molecule is C=C/C(=C\N(C)C1CCCC1)c1cc(Cl)c2ccc(C(=C)N3CCN(C(=C)C)CC3)cc2n1. The molecule has 4 rings (SSSR count). The molecule has 0 unspecified atom stereocenters. The van der Waals surface area contributed by atoms with Crippen molar-refractivity contribution in [2.75, 3.05) is 33.2 Å². The zero-order chi connectivity index (χ0) is 23.5. The number of aromatic nitrogens is 1. The molecular formula is C28H35ClN4. The quantitative estimate of drug-likeness (QED) is 0.443. The average molecular weight is 463 g/mol. The van der Waals surface area contributed by atoms with Crippen LogP contribution in [0.2, 0.25) is 5.02 Å². The maximum absolute atomic E-state index is 6.69. The van der Waals surface area contributed by atoms with Gasteiger partial charge in [0.25, 0.3) is 0 Å². The predicted octanol–water partition coefficient (Wildman–Crippen LogP) is 6.41. The van der Waals surface area contributed by atoms with E-state index in [4.69, 9.17) is 16.6 Å².